The fourth-order valence-corrected chi connectivity index (χ4v) is 1.79. The van der Waals surface area contributed by atoms with Crippen LogP contribution in [-0.4, -0.2) is 0 Å². The molecule has 2 rings (SSSR count). The van der Waals surface area contributed by atoms with Gasteiger partial charge in [-0.2, -0.15) is 0 Å². The molecule has 18 heavy (non-hydrogen) atoms. The number of rotatable bonds is 2. The van der Waals surface area contributed by atoms with Gasteiger partial charge in [-0.1, -0.05) is 12.1 Å². The van der Waals surface area contributed by atoms with Crippen LogP contribution in [0.5, 0.6) is 11.5 Å². The maximum absolute atomic E-state index is 13.7. The van der Waals surface area contributed by atoms with Crippen molar-refractivity contribution in [1.82, 2.24) is 0 Å². The standard InChI is InChI=1S/C15H16FNO/c1-9-4-5-10(2)15(11(9)3)18-14-7-6-12(17)8-13(14)16/h4-8H,17H2,1-3H3. The molecule has 0 aromatic heterocycles. The first-order chi connectivity index (χ1) is 8.49. The van der Waals surface area contributed by atoms with Gasteiger partial charge in [0.1, 0.15) is 5.75 Å². The van der Waals surface area contributed by atoms with E-state index in [9.17, 15) is 4.39 Å². The second kappa shape index (κ2) is 4.69. The van der Waals surface area contributed by atoms with Crippen molar-refractivity contribution in [3.63, 3.8) is 0 Å². The summed E-state index contributed by atoms with van der Waals surface area (Å²) in [6, 6.07) is 8.42. The molecule has 0 saturated carbocycles. The Balaban J connectivity index is 2.43. The van der Waals surface area contributed by atoms with E-state index < -0.39 is 5.82 Å². The zero-order chi connectivity index (χ0) is 13.3. The third-order valence-corrected chi connectivity index (χ3v) is 3.04. The lowest BCUT2D eigenvalue weighted by atomic mass is 10.1. The third kappa shape index (κ3) is 2.30. The van der Waals surface area contributed by atoms with Gasteiger partial charge in [0.15, 0.2) is 11.6 Å². The second-order valence-corrected chi connectivity index (χ2v) is 4.45. The molecule has 2 nitrogen and oxygen atoms in total. The number of halogens is 1. The molecule has 0 unspecified atom stereocenters. The van der Waals surface area contributed by atoms with Crippen molar-refractivity contribution in [2.45, 2.75) is 20.8 Å². The lowest BCUT2D eigenvalue weighted by Gasteiger charge is -2.14. The molecular formula is C15H16FNO. The smallest absolute Gasteiger partial charge is 0.167 e. The van der Waals surface area contributed by atoms with Gasteiger partial charge in [0.2, 0.25) is 0 Å². The maximum Gasteiger partial charge on any atom is 0.167 e. The summed E-state index contributed by atoms with van der Waals surface area (Å²) in [4.78, 5) is 0. The first-order valence-electron chi connectivity index (χ1n) is 5.78. The van der Waals surface area contributed by atoms with E-state index in [2.05, 4.69) is 0 Å². The Bertz CT molecular complexity index is 593. The number of anilines is 1. The van der Waals surface area contributed by atoms with Gasteiger partial charge < -0.3 is 10.5 Å². The van der Waals surface area contributed by atoms with Gasteiger partial charge in [0, 0.05) is 11.8 Å². The number of ether oxygens (including phenoxy) is 1. The molecule has 2 aromatic rings. The molecule has 0 aliphatic carbocycles. The highest BCUT2D eigenvalue weighted by Crippen LogP contribution is 2.32. The van der Waals surface area contributed by atoms with Gasteiger partial charge in [0.25, 0.3) is 0 Å². The van der Waals surface area contributed by atoms with Crippen LogP contribution in [0.25, 0.3) is 0 Å². The summed E-state index contributed by atoms with van der Waals surface area (Å²) in [6.45, 7) is 5.91. The van der Waals surface area contributed by atoms with E-state index in [0.717, 1.165) is 16.7 Å². The van der Waals surface area contributed by atoms with Gasteiger partial charge in [-0.15, -0.1) is 0 Å². The van der Waals surface area contributed by atoms with Crippen molar-refractivity contribution in [1.29, 1.82) is 0 Å². The topological polar surface area (TPSA) is 35.2 Å². The van der Waals surface area contributed by atoms with Gasteiger partial charge in [-0.3, -0.25) is 0 Å². The molecule has 0 saturated heterocycles. The van der Waals surface area contributed by atoms with E-state index in [1.165, 1.54) is 6.07 Å². The monoisotopic (exact) mass is 245 g/mol. The van der Waals surface area contributed by atoms with Crippen molar-refractivity contribution in [2.24, 2.45) is 0 Å². The molecule has 0 heterocycles. The number of nitrogens with two attached hydrogens (primary N) is 1. The average molecular weight is 245 g/mol. The van der Waals surface area contributed by atoms with Crippen molar-refractivity contribution < 1.29 is 9.13 Å². The minimum Gasteiger partial charge on any atom is -0.454 e. The minimum atomic E-state index is -0.449. The van der Waals surface area contributed by atoms with Crippen LogP contribution in [0.2, 0.25) is 0 Å². The molecule has 0 amide bonds. The molecule has 0 spiro atoms. The predicted molar refractivity (Wildman–Crippen MR) is 71.5 cm³/mol. The highest BCUT2D eigenvalue weighted by molar-refractivity contribution is 5.49. The Morgan fingerprint density at radius 3 is 2.33 bits per heavy atom. The van der Waals surface area contributed by atoms with E-state index in [1.54, 1.807) is 12.1 Å². The average Bonchev–Trinajstić information content (AvgIpc) is 2.32. The van der Waals surface area contributed by atoms with Crippen molar-refractivity contribution >= 4 is 5.69 Å². The van der Waals surface area contributed by atoms with Crippen molar-refractivity contribution in [3.8, 4) is 11.5 Å². The Morgan fingerprint density at radius 1 is 1.00 bits per heavy atom. The normalized spacial score (nSPS) is 10.4. The molecule has 0 aliphatic heterocycles. The molecule has 94 valence electrons. The molecule has 0 atom stereocenters. The molecule has 2 N–H and O–H groups in total. The highest BCUT2D eigenvalue weighted by atomic mass is 19.1. The molecule has 0 fully saturated rings. The number of nitrogen functional groups attached to an aromatic ring is 1. The number of benzene rings is 2. The quantitative estimate of drug-likeness (QED) is 0.807. The number of hydrogen-bond acceptors (Lipinski definition) is 2. The lowest BCUT2D eigenvalue weighted by molar-refractivity contribution is 0.437. The molecule has 0 radical (unpaired) electrons. The third-order valence-electron chi connectivity index (χ3n) is 3.04. The molecule has 0 aliphatic rings. The second-order valence-electron chi connectivity index (χ2n) is 4.45. The molecule has 3 heteroatoms. The van der Waals surface area contributed by atoms with Gasteiger partial charge in [-0.05, 0) is 49.6 Å². The van der Waals surface area contributed by atoms with E-state index >= 15 is 0 Å². The Labute approximate surface area is 106 Å². The fourth-order valence-electron chi connectivity index (χ4n) is 1.79. The van der Waals surface area contributed by atoms with Crippen molar-refractivity contribution in [2.75, 3.05) is 5.73 Å². The van der Waals surface area contributed by atoms with Crippen LogP contribution in [0.1, 0.15) is 16.7 Å². The van der Waals surface area contributed by atoms with Gasteiger partial charge in [-0.25, -0.2) is 4.39 Å². The van der Waals surface area contributed by atoms with Crippen LogP contribution in [0, 0.1) is 26.6 Å². The first kappa shape index (κ1) is 12.4. The zero-order valence-corrected chi connectivity index (χ0v) is 10.8. The number of aryl methyl sites for hydroxylation is 2. The zero-order valence-electron chi connectivity index (χ0n) is 10.8. The highest BCUT2D eigenvalue weighted by Gasteiger charge is 2.10. The summed E-state index contributed by atoms with van der Waals surface area (Å²) >= 11 is 0. The SMILES string of the molecule is Cc1ccc(C)c(Oc2ccc(N)cc2F)c1C. The molecule has 2 aromatic carbocycles. The van der Waals surface area contributed by atoms with Crippen LogP contribution in [0.3, 0.4) is 0 Å². The van der Waals surface area contributed by atoms with Gasteiger partial charge >= 0.3 is 0 Å². The molecular weight excluding hydrogens is 229 g/mol. The summed E-state index contributed by atoms with van der Waals surface area (Å²) in [5.74, 6) is 0.454. The summed E-state index contributed by atoms with van der Waals surface area (Å²) in [7, 11) is 0. The maximum atomic E-state index is 13.7. The first-order valence-corrected chi connectivity index (χ1v) is 5.78. The number of hydrogen-bond donors (Lipinski definition) is 1. The van der Waals surface area contributed by atoms with Crippen LogP contribution < -0.4 is 10.5 Å². The summed E-state index contributed by atoms with van der Waals surface area (Å²) in [6.07, 6.45) is 0. The summed E-state index contributed by atoms with van der Waals surface area (Å²) in [5.41, 5.74) is 9.01. The van der Waals surface area contributed by atoms with E-state index in [1.807, 2.05) is 32.9 Å². The largest absolute Gasteiger partial charge is 0.454 e. The fraction of sp³-hybridized carbons (Fsp3) is 0.200. The predicted octanol–water partition coefficient (Wildman–Crippen LogP) is 4.13. The molecule has 0 bridgehead atoms. The van der Waals surface area contributed by atoms with Gasteiger partial charge in [0.05, 0.1) is 0 Å². The Morgan fingerprint density at radius 2 is 1.67 bits per heavy atom. The van der Waals surface area contributed by atoms with E-state index in [-0.39, 0.29) is 5.75 Å². The lowest BCUT2D eigenvalue weighted by Crippen LogP contribution is -1.96. The Kier molecular flexibility index (Phi) is 3.24. The summed E-state index contributed by atoms with van der Waals surface area (Å²) in [5, 5.41) is 0. The summed E-state index contributed by atoms with van der Waals surface area (Å²) < 4.78 is 19.4. The van der Waals surface area contributed by atoms with E-state index in [4.69, 9.17) is 10.5 Å². The van der Waals surface area contributed by atoms with Crippen LogP contribution in [0.4, 0.5) is 10.1 Å². The van der Waals surface area contributed by atoms with Crippen molar-refractivity contribution in [3.05, 3.63) is 52.8 Å². The van der Waals surface area contributed by atoms with Crippen LogP contribution >= 0.6 is 0 Å². The Hall–Kier alpha value is -2.03. The van der Waals surface area contributed by atoms with Crippen LogP contribution in [-0.2, 0) is 0 Å². The minimum absolute atomic E-state index is 0.195. The van der Waals surface area contributed by atoms with E-state index in [0.29, 0.717) is 11.4 Å². The van der Waals surface area contributed by atoms with Crippen LogP contribution in [0.15, 0.2) is 30.3 Å².